The summed E-state index contributed by atoms with van der Waals surface area (Å²) in [5.74, 6) is -0.833. The first-order chi connectivity index (χ1) is 7.50. The van der Waals surface area contributed by atoms with Gasteiger partial charge in [-0.25, -0.2) is 0 Å². The third kappa shape index (κ3) is 1.57. The molecule has 0 N–H and O–H groups in total. The number of esters is 1. The number of rotatable bonds is 2. The van der Waals surface area contributed by atoms with Crippen LogP contribution in [0.3, 0.4) is 0 Å². The number of carbonyl (C=O) groups excluding carboxylic acids is 1. The Labute approximate surface area is 95.6 Å². The van der Waals surface area contributed by atoms with Crippen molar-refractivity contribution in [3.8, 4) is 0 Å². The molecule has 1 saturated heterocycles. The predicted octanol–water partition coefficient (Wildman–Crippen LogP) is 1.50. The van der Waals surface area contributed by atoms with E-state index in [-0.39, 0.29) is 30.0 Å². The Kier molecular flexibility index (Phi) is 2.80. The van der Waals surface area contributed by atoms with Crippen LogP contribution in [0.15, 0.2) is 12.2 Å². The van der Waals surface area contributed by atoms with Crippen LogP contribution < -0.4 is 0 Å². The van der Waals surface area contributed by atoms with E-state index >= 15 is 0 Å². The summed E-state index contributed by atoms with van der Waals surface area (Å²) in [7, 11) is 1.62. The molecular formula is C12H18O4. The molecule has 0 amide bonds. The minimum Gasteiger partial charge on any atom is -0.462 e. The Bertz CT molecular complexity index is 325. The Morgan fingerprint density at radius 2 is 2.12 bits per heavy atom. The summed E-state index contributed by atoms with van der Waals surface area (Å²) < 4.78 is 16.7. The highest BCUT2D eigenvalue weighted by Gasteiger charge is 2.54. The van der Waals surface area contributed by atoms with E-state index in [2.05, 4.69) is 0 Å². The van der Waals surface area contributed by atoms with E-state index in [4.69, 9.17) is 14.2 Å². The molecule has 0 saturated carbocycles. The van der Waals surface area contributed by atoms with Gasteiger partial charge in [0.1, 0.15) is 6.10 Å². The maximum Gasteiger partial charge on any atom is 0.302 e. The molecule has 0 aromatic heterocycles. The van der Waals surface area contributed by atoms with Gasteiger partial charge in [-0.2, -0.15) is 0 Å². The zero-order valence-corrected chi connectivity index (χ0v) is 10.1. The fourth-order valence-electron chi connectivity index (χ4n) is 2.64. The van der Waals surface area contributed by atoms with Crippen LogP contribution in [-0.4, -0.2) is 31.1 Å². The number of fused-ring (bicyclic) bond motifs is 2. The lowest BCUT2D eigenvalue weighted by Gasteiger charge is -2.45. The molecule has 2 aliphatic heterocycles. The predicted molar refractivity (Wildman–Crippen MR) is 57.6 cm³/mol. The lowest BCUT2D eigenvalue weighted by molar-refractivity contribution is -0.282. The van der Waals surface area contributed by atoms with Crippen molar-refractivity contribution in [3.05, 3.63) is 12.2 Å². The van der Waals surface area contributed by atoms with Crippen molar-refractivity contribution in [1.82, 2.24) is 0 Å². The van der Waals surface area contributed by atoms with Crippen molar-refractivity contribution >= 4 is 5.97 Å². The molecule has 0 aromatic rings. The van der Waals surface area contributed by atoms with Crippen molar-refractivity contribution in [2.45, 2.75) is 38.8 Å². The SMILES string of the molecule is CO[C@@]12C=C[C@@H](O1)[C@H](C)[C@H](OC(C)=O)[C@@H]2C. The Morgan fingerprint density at radius 1 is 1.44 bits per heavy atom. The van der Waals surface area contributed by atoms with Gasteiger partial charge in [0.25, 0.3) is 0 Å². The molecule has 1 fully saturated rings. The molecule has 2 rings (SSSR count). The van der Waals surface area contributed by atoms with Gasteiger partial charge in [0, 0.05) is 20.0 Å². The molecule has 0 spiro atoms. The maximum absolute atomic E-state index is 11.1. The van der Waals surface area contributed by atoms with Crippen LogP contribution in [0, 0.1) is 11.8 Å². The van der Waals surface area contributed by atoms with Crippen molar-refractivity contribution < 1.29 is 19.0 Å². The molecule has 0 radical (unpaired) electrons. The molecule has 0 aromatic carbocycles. The van der Waals surface area contributed by atoms with Crippen LogP contribution in [0.1, 0.15) is 20.8 Å². The quantitative estimate of drug-likeness (QED) is 0.528. The maximum atomic E-state index is 11.1. The van der Waals surface area contributed by atoms with Crippen molar-refractivity contribution in [2.75, 3.05) is 7.11 Å². The van der Waals surface area contributed by atoms with E-state index in [1.807, 2.05) is 26.0 Å². The lowest BCUT2D eigenvalue weighted by atomic mass is 9.84. The molecule has 4 nitrogen and oxygen atoms in total. The van der Waals surface area contributed by atoms with E-state index < -0.39 is 5.79 Å². The average molecular weight is 226 g/mol. The van der Waals surface area contributed by atoms with E-state index in [1.165, 1.54) is 6.92 Å². The molecular weight excluding hydrogens is 208 g/mol. The summed E-state index contributed by atoms with van der Waals surface area (Å²) in [6.07, 6.45) is 3.74. The van der Waals surface area contributed by atoms with E-state index in [9.17, 15) is 4.79 Å². The number of hydrogen-bond acceptors (Lipinski definition) is 4. The van der Waals surface area contributed by atoms with Crippen LogP contribution in [0.2, 0.25) is 0 Å². The molecule has 16 heavy (non-hydrogen) atoms. The first kappa shape index (κ1) is 11.6. The molecule has 5 atom stereocenters. The van der Waals surface area contributed by atoms with Crippen LogP contribution in [-0.2, 0) is 19.0 Å². The molecule has 4 heteroatoms. The fraction of sp³-hybridized carbons (Fsp3) is 0.750. The van der Waals surface area contributed by atoms with E-state index in [0.29, 0.717) is 0 Å². The summed E-state index contributed by atoms with van der Waals surface area (Å²) >= 11 is 0. The van der Waals surface area contributed by atoms with E-state index in [1.54, 1.807) is 7.11 Å². The molecule has 90 valence electrons. The second-order valence-electron chi connectivity index (χ2n) is 4.59. The second kappa shape index (κ2) is 3.86. The first-order valence-electron chi connectivity index (χ1n) is 5.59. The molecule has 0 unspecified atom stereocenters. The third-order valence-electron chi connectivity index (χ3n) is 3.62. The summed E-state index contributed by atoms with van der Waals surface area (Å²) in [6.45, 7) is 5.45. The summed E-state index contributed by atoms with van der Waals surface area (Å²) in [6, 6.07) is 0. The molecule has 2 bridgehead atoms. The Hall–Kier alpha value is -0.870. The van der Waals surface area contributed by atoms with Gasteiger partial charge in [-0.3, -0.25) is 4.79 Å². The van der Waals surface area contributed by atoms with Crippen LogP contribution in [0.25, 0.3) is 0 Å². The van der Waals surface area contributed by atoms with Gasteiger partial charge in [-0.1, -0.05) is 19.9 Å². The van der Waals surface area contributed by atoms with Crippen LogP contribution >= 0.6 is 0 Å². The minimum absolute atomic E-state index is 0.00796. The second-order valence-corrected chi connectivity index (χ2v) is 4.59. The zero-order valence-electron chi connectivity index (χ0n) is 10.1. The van der Waals surface area contributed by atoms with Crippen molar-refractivity contribution in [3.63, 3.8) is 0 Å². The standard InChI is InChI=1S/C12H18O4/c1-7-10-5-6-12(14-4,16-10)8(2)11(7)15-9(3)13/h5-8,10-11H,1-4H3/t7-,8-,10+,11-,12-/m0/s1. The highest BCUT2D eigenvalue weighted by molar-refractivity contribution is 5.66. The number of methoxy groups -OCH3 is 1. The van der Waals surface area contributed by atoms with Gasteiger partial charge in [-0.15, -0.1) is 0 Å². The number of ether oxygens (including phenoxy) is 3. The number of hydrogen-bond donors (Lipinski definition) is 0. The third-order valence-corrected chi connectivity index (χ3v) is 3.62. The van der Waals surface area contributed by atoms with Gasteiger partial charge >= 0.3 is 5.97 Å². The zero-order chi connectivity index (χ0) is 11.9. The Morgan fingerprint density at radius 3 is 2.69 bits per heavy atom. The van der Waals surface area contributed by atoms with Crippen LogP contribution in [0.5, 0.6) is 0 Å². The van der Waals surface area contributed by atoms with Crippen molar-refractivity contribution in [1.29, 1.82) is 0 Å². The van der Waals surface area contributed by atoms with Gasteiger partial charge in [0.2, 0.25) is 0 Å². The normalized spacial score (nSPS) is 45.8. The minimum atomic E-state index is -0.725. The van der Waals surface area contributed by atoms with Gasteiger partial charge < -0.3 is 14.2 Å². The largest absolute Gasteiger partial charge is 0.462 e. The van der Waals surface area contributed by atoms with Crippen LogP contribution in [0.4, 0.5) is 0 Å². The first-order valence-corrected chi connectivity index (χ1v) is 5.59. The highest BCUT2D eigenvalue weighted by Crippen LogP contribution is 2.44. The number of carbonyl (C=O) groups is 1. The fourth-order valence-corrected chi connectivity index (χ4v) is 2.64. The summed E-state index contributed by atoms with van der Waals surface area (Å²) in [4.78, 5) is 11.1. The lowest BCUT2D eigenvalue weighted by Crippen LogP contribution is -2.54. The highest BCUT2D eigenvalue weighted by atomic mass is 16.7. The monoisotopic (exact) mass is 226 g/mol. The molecule has 0 aliphatic carbocycles. The topological polar surface area (TPSA) is 44.8 Å². The molecule has 2 aliphatic rings. The van der Waals surface area contributed by atoms with Gasteiger partial charge in [0.05, 0.1) is 12.0 Å². The van der Waals surface area contributed by atoms with Gasteiger partial charge in [0.15, 0.2) is 5.79 Å². The Balaban J connectivity index is 2.25. The summed E-state index contributed by atoms with van der Waals surface area (Å²) in [5, 5.41) is 0. The van der Waals surface area contributed by atoms with E-state index in [0.717, 1.165) is 0 Å². The smallest absolute Gasteiger partial charge is 0.302 e. The van der Waals surface area contributed by atoms with Crippen molar-refractivity contribution in [2.24, 2.45) is 11.8 Å². The summed E-state index contributed by atoms with van der Waals surface area (Å²) in [5.41, 5.74) is 0. The van der Waals surface area contributed by atoms with Gasteiger partial charge in [-0.05, 0) is 6.08 Å². The average Bonchev–Trinajstić information content (AvgIpc) is 2.65. The molecule has 2 heterocycles.